The molecular weight excluding hydrogens is 312 g/mol. The number of hydrogen-bond acceptors (Lipinski definition) is 4. The summed E-state index contributed by atoms with van der Waals surface area (Å²) in [5.74, 6) is 0.206. The standard InChI is InChI=1S/C16H30N4O4/c1-23-11-3-17-15(21)13-19-5-8-20(9-6-19,10-7-19)14-16(22)18-4-12-24-2/h3-14H2,1-2H3/p+2. The summed E-state index contributed by atoms with van der Waals surface area (Å²) < 4.78 is 11.6. The van der Waals surface area contributed by atoms with E-state index in [0.29, 0.717) is 39.4 Å². The molecule has 3 fully saturated rings. The lowest BCUT2D eigenvalue weighted by molar-refractivity contribution is -1.07. The fourth-order valence-electron chi connectivity index (χ4n) is 3.72. The van der Waals surface area contributed by atoms with Gasteiger partial charge in [-0.05, 0) is 0 Å². The van der Waals surface area contributed by atoms with E-state index in [-0.39, 0.29) is 11.8 Å². The first kappa shape index (κ1) is 19.1. The van der Waals surface area contributed by atoms with Gasteiger partial charge in [-0.2, -0.15) is 0 Å². The maximum atomic E-state index is 12.1. The minimum atomic E-state index is 0.103. The van der Waals surface area contributed by atoms with Gasteiger partial charge in [0.25, 0.3) is 11.8 Å². The van der Waals surface area contributed by atoms with Crippen LogP contribution in [0.25, 0.3) is 0 Å². The van der Waals surface area contributed by atoms with E-state index in [2.05, 4.69) is 10.6 Å². The number of amides is 2. The van der Waals surface area contributed by atoms with Crippen molar-refractivity contribution >= 4 is 11.8 Å². The topological polar surface area (TPSA) is 76.7 Å². The number of carbonyl (C=O) groups excluding carboxylic acids is 2. The lowest BCUT2D eigenvalue weighted by atomic mass is 10.1. The number of methoxy groups -OCH3 is 2. The van der Waals surface area contributed by atoms with Crippen molar-refractivity contribution in [1.82, 2.24) is 10.6 Å². The van der Waals surface area contributed by atoms with Crippen LogP contribution in [0.4, 0.5) is 0 Å². The summed E-state index contributed by atoms with van der Waals surface area (Å²) in [5, 5.41) is 5.83. The number of hydrogen-bond donors (Lipinski definition) is 2. The second-order valence-electron chi connectivity index (χ2n) is 7.03. The van der Waals surface area contributed by atoms with Crippen LogP contribution < -0.4 is 10.6 Å². The van der Waals surface area contributed by atoms with Gasteiger partial charge in [-0.3, -0.25) is 9.59 Å². The fraction of sp³-hybridized carbons (Fsp3) is 0.875. The molecule has 3 aliphatic rings. The zero-order valence-corrected chi connectivity index (χ0v) is 15.0. The van der Waals surface area contributed by atoms with E-state index in [4.69, 9.17) is 9.47 Å². The van der Waals surface area contributed by atoms with Gasteiger partial charge in [0.15, 0.2) is 13.1 Å². The number of rotatable bonds is 10. The van der Waals surface area contributed by atoms with Crippen molar-refractivity contribution in [2.45, 2.75) is 0 Å². The highest BCUT2D eigenvalue weighted by Crippen LogP contribution is 2.26. The average molecular weight is 344 g/mol. The maximum Gasteiger partial charge on any atom is 0.275 e. The Morgan fingerprint density at radius 1 is 0.750 bits per heavy atom. The second-order valence-corrected chi connectivity index (χ2v) is 7.03. The Kier molecular flexibility index (Phi) is 6.97. The first-order valence-electron chi connectivity index (χ1n) is 8.75. The number of fused-ring (bicyclic) bond motifs is 3. The molecule has 24 heavy (non-hydrogen) atoms. The van der Waals surface area contributed by atoms with Crippen LogP contribution in [-0.2, 0) is 19.1 Å². The van der Waals surface area contributed by atoms with Crippen LogP contribution in [0.5, 0.6) is 0 Å². The summed E-state index contributed by atoms with van der Waals surface area (Å²) in [6.45, 7) is 9.17. The molecule has 0 aromatic carbocycles. The van der Waals surface area contributed by atoms with Crippen molar-refractivity contribution < 1.29 is 28.0 Å². The Morgan fingerprint density at radius 2 is 1.08 bits per heavy atom. The fourth-order valence-corrected chi connectivity index (χ4v) is 3.72. The molecule has 0 spiro atoms. The molecule has 2 amide bonds. The molecule has 0 unspecified atom stereocenters. The summed E-state index contributed by atoms with van der Waals surface area (Å²) >= 11 is 0. The van der Waals surface area contributed by atoms with E-state index in [1.165, 1.54) is 0 Å². The third-order valence-corrected chi connectivity index (χ3v) is 5.36. The molecule has 0 aromatic rings. The highest BCUT2D eigenvalue weighted by Gasteiger charge is 2.50. The van der Waals surface area contributed by atoms with Crippen LogP contribution in [0.1, 0.15) is 0 Å². The largest absolute Gasteiger partial charge is 0.383 e. The molecule has 0 saturated carbocycles. The summed E-state index contributed by atoms with van der Waals surface area (Å²) in [6.07, 6.45) is 0. The Bertz CT molecular complexity index is 379. The van der Waals surface area contributed by atoms with Crippen LogP contribution in [0, 0.1) is 0 Å². The molecule has 138 valence electrons. The zero-order chi connectivity index (χ0) is 17.5. The molecule has 2 bridgehead atoms. The van der Waals surface area contributed by atoms with Crippen LogP contribution in [-0.4, -0.2) is 114 Å². The highest BCUT2D eigenvalue weighted by atomic mass is 16.5. The number of ether oxygens (including phenoxy) is 2. The second kappa shape index (κ2) is 8.75. The molecule has 8 nitrogen and oxygen atoms in total. The van der Waals surface area contributed by atoms with Crippen LogP contribution >= 0.6 is 0 Å². The third-order valence-electron chi connectivity index (χ3n) is 5.36. The van der Waals surface area contributed by atoms with E-state index in [0.717, 1.165) is 48.2 Å². The van der Waals surface area contributed by atoms with Crippen molar-refractivity contribution in [2.24, 2.45) is 0 Å². The quantitative estimate of drug-likeness (QED) is 0.361. The molecule has 3 rings (SSSR count). The minimum absolute atomic E-state index is 0.103. The van der Waals surface area contributed by atoms with Crippen LogP contribution in [0.2, 0.25) is 0 Å². The van der Waals surface area contributed by atoms with E-state index in [9.17, 15) is 9.59 Å². The average Bonchev–Trinajstić information content (AvgIpc) is 2.57. The van der Waals surface area contributed by atoms with E-state index in [1.54, 1.807) is 14.2 Å². The van der Waals surface area contributed by atoms with Gasteiger partial charge in [0.1, 0.15) is 39.3 Å². The molecule has 0 aromatic heterocycles. The lowest BCUT2D eigenvalue weighted by Crippen LogP contribution is -2.77. The molecule has 0 aliphatic carbocycles. The smallest absolute Gasteiger partial charge is 0.275 e. The Balaban J connectivity index is 1.77. The molecule has 3 heterocycles. The number of piperazine rings is 3. The summed E-state index contributed by atoms with van der Waals surface area (Å²) in [5.41, 5.74) is 0. The van der Waals surface area contributed by atoms with Gasteiger partial charge in [-0.15, -0.1) is 0 Å². The van der Waals surface area contributed by atoms with Gasteiger partial charge in [0, 0.05) is 27.3 Å². The first-order valence-corrected chi connectivity index (χ1v) is 8.75. The number of quaternary nitrogens is 2. The van der Waals surface area contributed by atoms with E-state index in [1.807, 2.05) is 0 Å². The molecule has 8 heteroatoms. The molecular formula is C16H32N4O4+2. The monoisotopic (exact) mass is 344 g/mol. The van der Waals surface area contributed by atoms with Gasteiger partial charge in [-0.25, -0.2) is 0 Å². The predicted molar refractivity (Wildman–Crippen MR) is 89.2 cm³/mol. The summed E-state index contributed by atoms with van der Waals surface area (Å²) in [6, 6.07) is 0. The maximum absolute atomic E-state index is 12.1. The van der Waals surface area contributed by atoms with Gasteiger partial charge >= 0.3 is 0 Å². The summed E-state index contributed by atoms with van der Waals surface area (Å²) in [7, 11) is 3.26. The summed E-state index contributed by atoms with van der Waals surface area (Å²) in [4.78, 5) is 24.2. The van der Waals surface area contributed by atoms with Crippen LogP contribution in [0.15, 0.2) is 0 Å². The van der Waals surface area contributed by atoms with E-state index < -0.39 is 0 Å². The number of nitrogens with zero attached hydrogens (tertiary/aromatic N) is 2. The molecule has 2 N–H and O–H groups in total. The minimum Gasteiger partial charge on any atom is -0.383 e. The van der Waals surface area contributed by atoms with Gasteiger partial charge in [0.2, 0.25) is 0 Å². The number of carbonyl (C=O) groups is 2. The molecule has 3 aliphatic heterocycles. The Morgan fingerprint density at radius 3 is 1.38 bits per heavy atom. The predicted octanol–water partition coefficient (Wildman–Crippen LogP) is -1.83. The Labute approximate surface area is 144 Å². The van der Waals surface area contributed by atoms with Crippen molar-refractivity contribution in [1.29, 1.82) is 0 Å². The van der Waals surface area contributed by atoms with Gasteiger partial charge < -0.3 is 29.1 Å². The van der Waals surface area contributed by atoms with Crippen molar-refractivity contribution in [3.8, 4) is 0 Å². The molecule has 3 saturated heterocycles. The van der Waals surface area contributed by atoms with Crippen molar-refractivity contribution in [3.63, 3.8) is 0 Å². The van der Waals surface area contributed by atoms with Crippen molar-refractivity contribution in [2.75, 3.05) is 92.9 Å². The van der Waals surface area contributed by atoms with Gasteiger partial charge in [-0.1, -0.05) is 0 Å². The number of nitrogens with one attached hydrogen (secondary N) is 2. The lowest BCUT2D eigenvalue weighted by Gasteiger charge is -2.54. The Hall–Kier alpha value is -1.22. The SMILES string of the molecule is COCCNC(=O)C[N+]12CC[N+](CC(=O)NCCOC)(CC1)CC2. The van der Waals surface area contributed by atoms with Crippen LogP contribution in [0.3, 0.4) is 0 Å². The van der Waals surface area contributed by atoms with E-state index >= 15 is 0 Å². The zero-order valence-electron chi connectivity index (χ0n) is 15.0. The first-order chi connectivity index (χ1) is 11.5. The third kappa shape index (κ3) is 5.14. The highest BCUT2D eigenvalue weighted by molar-refractivity contribution is 5.77. The van der Waals surface area contributed by atoms with Gasteiger partial charge in [0.05, 0.1) is 13.2 Å². The molecule has 0 radical (unpaired) electrons. The normalized spacial score (nSPS) is 28.6. The van der Waals surface area contributed by atoms with Crippen molar-refractivity contribution in [3.05, 3.63) is 0 Å². The molecule has 0 atom stereocenters.